The molecule has 0 radical (unpaired) electrons. The van der Waals surface area contributed by atoms with Gasteiger partial charge in [0.15, 0.2) is 11.4 Å². The number of benzene rings is 2. The Morgan fingerprint density at radius 3 is 1.48 bits per heavy atom. The number of halogens is 4. The fourth-order valence-corrected chi connectivity index (χ4v) is 4.17. The molecule has 0 aromatic heterocycles. The summed E-state index contributed by atoms with van der Waals surface area (Å²) in [7, 11) is -6.00. The van der Waals surface area contributed by atoms with Gasteiger partial charge in [-0.05, 0) is 26.0 Å². The van der Waals surface area contributed by atoms with E-state index in [0.717, 1.165) is 17.6 Å². The van der Waals surface area contributed by atoms with Gasteiger partial charge in [0.05, 0.1) is 22.9 Å². The Labute approximate surface area is 138 Å². The molecule has 0 amide bonds. The van der Waals surface area contributed by atoms with Gasteiger partial charge in [-0.2, -0.15) is 0 Å². The Morgan fingerprint density at radius 1 is 0.783 bits per heavy atom. The molecule has 1 aliphatic heterocycles. The summed E-state index contributed by atoms with van der Waals surface area (Å²) >= 11 is 1.90. The molecule has 0 atom stereocenters. The van der Waals surface area contributed by atoms with Crippen LogP contribution in [0.4, 0.5) is 28.6 Å². The van der Waals surface area contributed by atoms with Gasteiger partial charge in [0, 0.05) is 12.1 Å². The van der Waals surface area contributed by atoms with Gasteiger partial charge in [-0.1, -0.05) is 36.0 Å². The number of hydrogen-bond acceptors (Lipinski definition) is 1. The summed E-state index contributed by atoms with van der Waals surface area (Å²) < 4.78 is 40.0. The van der Waals surface area contributed by atoms with Gasteiger partial charge < -0.3 is 17.3 Å². The summed E-state index contributed by atoms with van der Waals surface area (Å²) in [6.45, 7) is 6.77. The maximum absolute atomic E-state index is 9.75. The predicted molar refractivity (Wildman–Crippen MR) is 89.7 cm³/mol. The van der Waals surface area contributed by atoms with Gasteiger partial charge in [0.1, 0.15) is 0 Å². The maximum atomic E-state index is 9.75. The number of nitrogens with zero attached hydrogens (tertiary/aromatic N) is 1. The normalized spacial score (nSPS) is 15.0. The lowest BCUT2D eigenvalue weighted by Crippen LogP contribution is -2.45. The molecule has 1 heterocycles. The van der Waals surface area contributed by atoms with E-state index in [-0.39, 0.29) is 0 Å². The van der Waals surface area contributed by atoms with Gasteiger partial charge in [-0.3, -0.25) is 4.48 Å². The average molecular weight is 343 g/mol. The summed E-state index contributed by atoms with van der Waals surface area (Å²) in [5.74, 6) is 0. The SMILES string of the molecule is CC[N+]1(CC)c2ccccc2Sc2ccccc21.F[B-](F)(F)F. The van der Waals surface area contributed by atoms with Crippen molar-refractivity contribution in [2.24, 2.45) is 0 Å². The fourth-order valence-electron chi connectivity index (χ4n) is 2.95. The second-order valence-electron chi connectivity index (χ2n) is 5.13. The van der Waals surface area contributed by atoms with Crippen molar-refractivity contribution >= 4 is 30.4 Å². The highest BCUT2D eigenvalue weighted by molar-refractivity contribution is 7.99. The molecule has 3 rings (SSSR count). The van der Waals surface area contributed by atoms with Crippen LogP contribution >= 0.6 is 11.8 Å². The van der Waals surface area contributed by atoms with Crippen molar-refractivity contribution in [1.82, 2.24) is 4.48 Å². The van der Waals surface area contributed by atoms with E-state index in [1.807, 2.05) is 11.8 Å². The van der Waals surface area contributed by atoms with E-state index >= 15 is 0 Å². The summed E-state index contributed by atoms with van der Waals surface area (Å²) in [4.78, 5) is 2.81. The van der Waals surface area contributed by atoms with Crippen LogP contribution in [-0.2, 0) is 0 Å². The zero-order valence-electron chi connectivity index (χ0n) is 13.0. The van der Waals surface area contributed by atoms with E-state index in [1.54, 1.807) is 0 Å². The first-order valence-electron chi connectivity index (χ1n) is 7.43. The molecular weight excluding hydrogens is 325 g/mol. The van der Waals surface area contributed by atoms with Crippen LogP contribution in [0.15, 0.2) is 58.3 Å². The number of fused-ring (bicyclic) bond motifs is 2. The van der Waals surface area contributed by atoms with Gasteiger partial charge in [0.25, 0.3) is 0 Å². The number of hydrogen-bond donors (Lipinski definition) is 0. The second kappa shape index (κ2) is 6.97. The molecular formula is C16H18BF4NS. The van der Waals surface area contributed by atoms with Crippen LogP contribution in [-0.4, -0.2) is 20.3 Å². The van der Waals surface area contributed by atoms with Crippen molar-refractivity contribution in [3.63, 3.8) is 0 Å². The van der Waals surface area contributed by atoms with Crippen LogP contribution in [0.2, 0.25) is 0 Å². The van der Waals surface area contributed by atoms with E-state index in [0.29, 0.717) is 0 Å². The maximum Gasteiger partial charge on any atom is 0.673 e. The molecule has 2 aromatic rings. The summed E-state index contributed by atoms with van der Waals surface area (Å²) in [5.41, 5.74) is 2.90. The monoisotopic (exact) mass is 343 g/mol. The topological polar surface area (TPSA) is 0 Å². The molecule has 0 bridgehead atoms. The first kappa shape index (κ1) is 17.9. The zero-order chi connectivity index (χ0) is 17.1. The molecule has 2 aromatic carbocycles. The molecule has 0 saturated carbocycles. The zero-order valence-corrected chi connectivity index (χ0v) is 13.8. The van der Waals surface area contributed by atoms with Gasteiger partial charge in [-0.25, -0.2) is 0 Å². The molecule has 1 aliphatic rings. The first-order valence-corrected chi connectivity index (χ1v) is 8.25. The van der Waals surface area contributed by atoms with Crippen LogP contribution < -0.4 is 4.48 Å². The number of rotatable bonds is 2. The average Bonchev–Trinajstić information content (AvgIpc) is 2.51. The molecule has 124 valence electrons. The van der Waals surface area contributed by atoms with Crippen LogP contribution in [0, 0.1) is 0 Å². The van der Waals surface area contributed by atoms with Crippen molar-refractivity contribution in [1.29, 1.82) is 0 Å². The molecule has 0 unspecified atom stereocenters. The van der Waals surface area contributed by atoms with E-state index in [9.17, 15) is 17.3 Å². The number of quaternary nitrogens is 1. The molecule has 0 aliphatic carbocycles. The summed E-state index contributed by atoms with van der Waals surface area (Å²) in [5, 5.41) is 0. The third-order valence-corrected chi connectivity index (χ3v) is 5.08. The van der Waals surface area contributed by atoms with Crippen LogP contribution in [0.5, 0.6) is 0 Å². The van der Waals surface area contributed by atoms with Gasteiger partial charge >= 0.3 is 7.25 Å². The Hall–Kier alpha value is -1.47. The van der Waals surface area contributed by atoms with E-state index < -0.39 is 7.25 Å². The van der Waals surface area contributed by atoms with Crippen molar-refractivity contribution in [3.8, 4) is 0 Å². The van der Waals surface area contributed by atoms with Crippen LogP contribution in [0.25, 0.3) is 0 Å². The molecule has 0 fully saturated rings. The van der Waals surface area contributed by atoms with Crippen LogP contribution in [0.3, 0.4) is 0 Å². The predicted octanol–water partition coefficient (Wildman–Crippen LogP) is 6.13. The summed E-state index contributed by atoms with van der Waals surface area (Å²) in [6, 6.07) is 17.6. The molecule has 7 heteroatoms. The quantitative estimate of drug-likeness (QED) is 0.359. The lowest BCUT2D eigenvalue weighted by molar-refractivity contribution is 0.368. The Kier molecular flexibility index (Phi) is 5.42. The third-order valence-electron chi connectivity index (χ3n) is 3.95. The fraction of sp³-hybridized carbons (Fsp3) is 0.250. The highest BCUT2D eigenvalue weighted by Crippen LogP contribution is 2.52. The Bertz CT molecular complexity index is 618. The van der Waals surface area contributed by atoms with Crippen LogP contribution in [0.1, 0.15) is 13.8 Å². The van der Waals surface area contributed by atoms with Gasteiger partial charge in [0.2, 0.25) is 0 Å². The minimum absolute atomic E-state index is 0.972. The molecule has 1 nitrogen and oxygen atoms in total. The largest absolute Gasteiger partial charge is 0.673 e. The molecule has 0 spiro atoms. The lowest BCUT2D eigenvalue weighted by atomic mass is 10.1. The first-order chi connectivity index (χ1) is 10.8. The number of para-hydroxylation sites is 2. The Balaban J connectivity index is 0.000000338. The van der Waals surface area contributed by atoms with E-state index in [4.69, 9.17) is 0 Å². The minimum Gasteiger partial charge on any atom is -0.418 e. The highest BCUT2D eigenvalue weighted by Gasteiger charge is 2.38. The smallest absolute Gasteiger partial charge is 0.418 e. The summed E-state index contributed by atoms with van der Waals surface area (Å²) in [6.07, 6.45) is 0. The van der Waals surface area contributed by atoms with E-state index in [1.165, 1.54) is 21.2 Å². The third kappa shape index (κ3) is 3.90. The van der Waals surface area contributed by atoms with Crippen molar-refractivity contribution in [3.05, 3.63) is 48.5 Å². The van der Waals surface area contributed by atoms with Gasteiger partial charge in [-0.15, -0.1) is 0 Å². The van der Waals surface area contributed by atoms with Crippen molar-refractivity contribution in [2.45, 2.75) is 23.6 Å². The molecule has 0 N–H and O–H groups in total. The Morgan fingerprint density at radius 2 is 1.13 bits per heavy atom. The second-order valence-corrected chi connectivity index (χ2v) is 6.22. The minimum atomic E-state index is -6.00. The molecule has 23 heavy (non-hydrogen) atoms. The standard InChI is InChI=1S/C16H18NS.BF4/c1-3-17(4-2)13-9-5-7-11-15(13)18-16-12-8-6-10-14(16)17;2-1(3,4)5/h5-12H,3-4H2,1-2H3;/q+1;-1. The van der Waals surface area contributed by atoms with E-state index in [2.05, 4.69) is 62.4 Å². The lowest BCUT2D eigenvalue weighted by Gasteiger charge is -2.40. The van der Waals surface area contributed by atoms with Crippen molar-refractivity contribution in [2.75, 3.05) is 13.1 Å². The molecule has 0 saturated heterocycles. The van der Waals surface area contributed by atoms with Crippen molar-refractivity contribution < 1.29 is 17.3 Å². The highest BCUT2D eigenvalue weighted by atomic mass is 32.2.